The van der Waals surface area contributed by atoms with Crippen molar-refractivity contribution in [2.75, 3.05) is 44.7 Å². The summed E-state index contributed by atoms with van der Waals surface area (Å²) in [5.41, 5.74) is 5.11. The molecule has 0 spiro atoms. The van der Waals surface area contributed by atoms with Gasteiger partial charge in [-0.05, 0) is 54.1 Å². The average Bonchev–Trinajstić information content (AvgIpc) is 3.13. The van der Waals surface area contributed by atoms with Crippen molar-refractivity contribution in [2.24, 2.45) is 0 Å². The smallest absolute Gasteiger partial charge is 0.0595 e. The maximum atomic E-state index is 6.15. The third kappa shape index (κ3) is 4.54. The average molecular weight is 414 g/mol. The van der Waals surface area contributed by atoms with Gasteiger partial charge in [-0.1, -0.05) is 47.5 Å². The van der Waals surface area contributed by atoms with E-state index < -0.39 is 0 Å². The van der Waals surface area contributed by atoms with Gasteiger partial charge in [0.25, 0.3) is 0 Å². The fourth-order valence-electron chi connectivity index (χ4n) is 3.76. The Morgan fingerprint density at radius 3 is 2.54 bits per heavy atom. The van der Waals surface area contributed by atoms with Crippen LogP contribution in [-0.4, -0.2) is 49.6 Å². The minimum atomic E-state index is 0.600. The quantitative estimate of drug-likeness (QED) is 0.685. The zero-order valence-electron chi connectivity index (χ0n) is 16.1. The summed E-state index contributed by atoms with van der Waals surface area (Å²) < 4.78 is 0. The summed E-state index contributed by atoms with van der Waals surface area (Å²) in [5.74, 6) is 0. The monoisotopic (exact) mass is 413 g/mol. The molecule has 2 aliphatic rings. The summed E-state index contributed by atoms with van der Waals surface area (Å²) in [7, 11) is 2.19. The summed E-state index contributed by atoms with van der Waals surface area (Å²) in [4.78, 5) is 7.18. The Labute approximate surface area is 177 Å². The van der Waals surface area contributed by atoms with Crippen molar-refractivity contribution in [3.05, 3.63) is 81.5 Å². The summed E-state index contributed by atoms with van der Waals surface area (Å²) in [6.45, 7) is 6.11. The number of para-hydroxylation sites is 1. The highest BCUT2D eigenvalue weighted by Gasteiger charge is 2.17. The maximum Gasteiger partial charge on any atom is 0.0595 e. The van der Waals surface area contributed by atoms with E-state index in [4.69, 9.17) is 23.2 Å². The van der Waals surface area contributed by atoms with Gasteiger partial charge < -0.3 is 14.7 Å². The third-order valence-electron chi connectivity index (χ3n) is 5.38. The molecule has 1 saturated heterocycles. The minimum absolute atomic E-state index is 0.600. The minimum Gasteiger partial charge on any atom is -0.369 e. The van der Waals surface area contributed by atoms with Crippen LogP contribution in [0.4, 0.5) is 5.69 Å². The molecule has 4 rings (SSSR count). The van der Waals surface area contributed by atoms with Crippen LogP contribution < -0.4 is 4.90 Å². The summed E-state index contributed by atoms with van der Waals surface area (Å²) in [6, 6.07) is 14.6. The highest BCUT2D eigenvalue weighted by Crippen LogP contribution is 2.27. The number of rotatable bonds is 4. The van der Waals surface area contributed by atoms with Gasteiger partial charge in [0.2, 0.25) is 0 Å². The van der Waals surface area contributed by atoms with Crippen molar-refractivity contribution in [3.8, 4) is 0 Å². The largest absolute Gasteiger partial charge is 0.369 e. The molecular weight excluding hydrogens is 389 g/mol. The summed E-state index contributed by atoms with van der Waals surface area (Å²) in [6.07, 6.45) is 6.68. The Balaban J connectivity index is 1.46. The van der Waals surface area contributed by atoms with E-state index >= 15 is 0 Å². The molecule has 0 amide bonds. The number of halogens is 2. The van der Waals surface area contributed by atoms with Gasteiger partial charge >= 0.3 is 0 Å². The molecule has 2 aromatic carbocycles. The lowest BCUT2D eigenvalue weighted by atomic mass is 10.1. The normalized spacial score (nSPS) is 19.0. The Hall–Kier alpha value is -1.94. The molecule has 28 heavy (non-hydrogen) atoms. The molecule has 0 N–H and O–H groups in total. The van der Waals surface area contributed by atoms with E-state index in [1.54, 1.807) is 0 Å². The summed E-state index contributed by atoms with van der Waals surface area (Å²) in [5, 5.41) is 1.21. The van der Waals surface area contributed by atoms with Gasteiger partial charge in [-0.25, -0.2) is 0 Å². The molecular formula is C23H25Cl2N3. The fourth-order valence-corrected chi connectivity index (χ4v) is 4.08. The Morgan fingerprint density at radius 2 is 1.75 bits per heavy atom. The van der Waals surface area contributed by atoms with Crippen LogP contribution >= 0.6 is 23.2 Å². The number of hydrogen-bond donors (Lipinski definition) is 0. The van der Waals surface area contributed by atoms with Crippen LogP contribution in [0.3, 0.4) is 0 Å². The molecule has 0 unspecified atom stereocenters. The van der Waals surface area contributed by atoms with Gasteiger partial charge in [0.15, 0.2) is 0 Å². The van der Waals surface area contributed by atoms with E-state index in [0.29, 0.717) is 10.0 Å². The van der Waals surface area contributed by atoms with Crippen molar-refractivity contribution >= 4 is 35.0 Å². The lowest BCUT2D eigenvalue weighted by Gasteiger charge is -2.35. The first-order valence-electron chi connectivity index (χ1n) is 9.68. The second-order valence-corrected chi connectivity index (χ2v) is 8.35. The number of hydrogen-bond acceptors (Lipinski definition) is 3. The Kier molecular flexibility index (Phi) is 5.96. The topological polar surface area (TPSA) is 9.72 Å². The van der Waals surface area contributed by atoms with Crippen molar-refractivity contribution < 1.29 is 0 Å². The molecule has 2 aliphatic heterocycles. The SMILES string of the molecule is CN1CCN(c2ccccc2C=C2C=CN(Cc3ccc(Cl)c(Cl)c3)C2)CC1. The predicted octanol–water partition coefficient (Wildman–Crippen LogP) is 5.16. The molecule has 146 valence electrons. The van der Waals surface area contributed by atoms with Crippen molar-refractivity contribution in [1.82, 2.24) is 9.80 Å². The van der Waals surface area contributed by atoms with E-state index in [9.17, 15) is 0 Å². The van der Waals surface area contributed by atoms with Gasteiger partial charge in [-0.15, -0.1) is 0 Å². The Bertz CT molecular complexity index is 898. The molecule has 0 radical (unpaired) electrons. The van der Waals surface area contributed by atoms with E-state index in [1.165, 1.54) is 16.8 Å². The highest BCUT2D eigenvalue weighted by atomic mass is 35.5. The van der Waals surface area contributed by atoms with Crippen LogP contribution in [0.2, 0.25) is 10.0 Å². The standard InChI is InChI=1S/C23H25Cl2N3/c1-26-10-12-28(13-11-26)23-5-3-2-4-20(23)14-19-8-9-27(17-19)16-18-6-7-21(24)22(25)15-18/h2-9,14-15H,10-13,16-17H2,1H3. The van der Waals surface area contributed by atoms with Crippen LogP contribution in [0, 0.1) is 0 Å². The highest BCUT2D eigenvalue weighted by molar-refractivity contribution is 6.42. The first-order valence-corrected chi connectivity index (χ1v) is 10.4. The third-order valence-corrected chi connectivity index (χ3v) is 6.12. The lowest BCUT2D eigenvalue weighted by Crippen LogP contribution is -2.44. The first-order chi connectivity index (χ1) is 13.6. The van der Waals surface area contributed by atoms with Gasteiger partial charge in [0.05, 0.1) is 10.0 Å². The van der Waals surface area contributed by atoms with Gasteiger partial charge in [-0.2, -0.15) is 0 Å². The van der Waals surface area contributed by atoms with Gasteiger partial charge in [-0.3, -0.25) is 0 Å². The van der Waals surface area contributed by atoms with E-state index in [0.717, 1.165) is 44.8 Å². The molecule has 1 fully saturated rings. The van der Waals surface area contributed by atoms with Crippen LogP contribution in [-0.2, 0) is 6.54 Å². The van der Waals surface area contributed by atoms with Crippen LogP contribution in [0.25, 0.3) is 6.08 Å². The number of anilines is 1. The molecule has 2 heterocycles. The number of benzene rings is 2. The lowest BCUT2D eigenvalue weighted by molar-refractivity contribution is 0.313. The molecule has 3 nitrogen and oxygen atoms in total. The molecule has 2 aromatic rings. The van der Waals surface area contributed by atoms with Crippen LogP contribution in [0.5, 0.6) is 0 Å². The zero-order chi connectivity index (χ0) is 19.5. The van der Waals surface area contributed by atoms with E-state index in [-0.39, 0.29) is 0 Å². The second-order valence-electron chi connectivity index (χ2n) is 7.54. The molecule has 0 saturated carbocycles. The number of piperazine rings is 1. The van der Waals surface area contributed by atoms with Crippen molar-refractivity contribution in [2.45, 2.75) is 6.54 Å². The summed E-state index contributed by atoms with van der Waals surface area (Å²) >= 11 is 12.2. The maximum absolute atomic E-state index is 6.15. The fraction of sp³-hybridized carbons (Fsp3) is 0.304. The Morgan fingerprint density at radius 1 is 0.964 bits per heavy atom. The number of nitrogens with zero attached hydrogens (tertiary/aromatic N) is 3. The first kappa shape index (κ1) is 19.4. The molecule has 5 heteroatoms. The van der Waals surface area contributed by atoms with Crippen LogP contribution in [0.15, 0.2) is 60.3 Å². The second kappa shape index (κ2) is 8.60. The van der Waals surface area contributed by atoms with E-state index in [2.05, 4.69) is 64.4 Å². The molecule has 0 bridgehead atoms. The van der Waals surface area contributed by atoms with Gasteiger partial charge in [0, 0.05) is 51.2 Å². The van der Waals surface area contributed by atoms with Gasteiger partial charge in [0.1, 0.15) is 0 Å². The van der Waals surface area contributed by atoms with Crippen LogP contribution in [0.1, 0.15) is 11.1 Å². The molecule has 0 aliphatic carbocycles. The molecule has 0 atom stereocenters. The number of likely N-dealkylation sites (N-methyl/N-ethyl adjacent to an activating group) is 1. The zero-order valence-corrected chi connectivity index (χ0v) is 17.6. The van der Waals surface area contributed by atoms with Crippen molar-refractivity contribution in [1.29, 1.82) is 0 Å². The van der Waals surface area contributed by atoms with E-state index in [1.807, 2.05) is 18.2 Å². The van der Waals surface area contributed by atoms with Crippen molar-refractivity contribution in [3.63, 3.8) is 0 Å². The molecule has 0 aromatic heterocycles. The predicted molar refractivity (Wildman–Crippen MR) is 120 cm³/mol.